The molecule has 0 unspecified atom stereocenters. The first-order valence-electron chi connectivity index (χ1n) is 5.81. The molecule has 1 rings (SSSR count). The second kappa shape index (κ2) is 6.27. The number of nitriles is 1. The fourth-order valence-corrected chi connectivity index (χ4v) is 1.36. The first-order valence-corrected chi connectivity index (χ1v) is 5.81. The van der Waals surface area contributed by atoms with E-state index in [4.69, 9.17) is 19.5 Å². The van der Waals surface area contributed by atoms with Crippen molar-refractivity contribution in [2.45, 2.75) is 26.4 Å². The Morgan fingerprint density at radius 1 is 1.17 bits per heavy atom. The highest BCUT2D eigenvalue weighted by Crippen LogP contribution is 2.27. The highest BCUT2D eigenvalue weighted by molar-refractivity contribution is 5.46. The maximum atomic E-state index is 8.79. The zero-order valence-corrected chi connectivity index (χ0v) is 11.3. The fraction of sp³-hybridized carbons (Fsp3) is 0.500. The first kappa shape index (κ1) is 14.3. The van der Waals surface area contributed by atoms with Crippen LogP contribution < -0.4 is 9.47 Å². The van der Waals surface area contributed by atoms with Crippen LogP contribution in [0.15, 0.2) is 18.2 Å². The second-order valence-corrected chi connectivity index (χ2v) is 4.79. The molecule has 0 saturated heterocycles. The Morgan fingerprint density at radius 2 is 1.89 bits per heavy atom. The van der Waals surface area contributed by atoms with Crippen molar-refractivity contribution in [3.8, 4) is 17.6 Å². The van der Waals surface area contributed by atoms with Crippen molar-refractivity contribution in [3.05, 3.63) is 23.8 Å². The predicted molar refractivity (Wildman–Crippen MR) is 68.9 cm³/mol. The molecule has 1 aromatic carbocycles. The topological polar surface area (TPSA) is 51.5 Å². The number of ether oxygens (including phenoxy) is 3. The molecule has 0 heterocycles. The quantitative estimate of drug-likeness (QED) is 0.753. The van der Waals surface area contributed by atoms with E-state index < -0.39 is 0 Å². The van der Waals surface area contributed by atoms with Crippen molar-refractivity contribution in [1.82, 2.24) is 0 Å². The Balaban J connectivity index is 2.55. The third kappa shape index (κ3) is 4.64. The van der Waals surface area contributed by atoms with Gasteiger partial charge in [-0.25, -0.2) is 0 Å². The van der Waals surface area contributed by atoms with Crippen molar-refractivity contribution >= 4 is 0 Å². The van der Waals surface area contributed by atoms with Gasteiger partial charge in [0, 0.05) is 6.07 Å². The molecule has 0 amide bonds. The average Bonchev–Trinajstić information content (AvgIpc) is 2.33. The lowest BCUT2D eigenvalue weighted by Gasteiger charge is -2.19. The molecule has 0 saturated carbocycles. The van der Waals surface area contributed by atoms with Gasteiger partial charge in [0.25, 0.3) is 0 Å². The van der Waals surface area contributed by atoms with Crippen molar-refractivity contribution in [2.75, 3.05) is 20.3 Å². The van der Waals surface area contributed by atoms with Gasteiger partial charge < -0.3 is 14.2 Å². The number of nitrogens with zero attached hydrogens (tertiary/aromatic N) is 1. The van der Waals surface area contributed by atoms with E-state index in [0.29, 0.717) is 30.3 Å². The minimum Gasteiger partial charge on any atom is -0.493 e. The molecule has 0 bridgehead atoms. The van der Waals surface area contributed by atoms with Crippen LogP contribution in [0, 0.1) is 11.3 Å². The molecule has 0 spiro atoms. The van der Waals surface area contributed by atoms with Crippen LogP contribution in [0.2, 0.25) is 0 Å². The summed E-state index contributed by atoms with van der Waals surface area (Å²) in [6.45, 7) is 6.94. The van der Waals surface area contributed by atoms with E-state index in [2.05, 4.69) is 6.07 Å². The smallest absolute Gasteiger partial charge is 0.162 e. The molecule has 0 aromatic heterocycles. The highest BCUT2D eigenvalue weighted by Gasteiger charge is 2.10. The molecule has 0 aliphatic carbocycles. The molecule has 0 radical (unpaired) electrons. The summed E-state index contributed by atoms with van der Waals surface area (Å²) in [5.74, 6) is 1.18. The van der Waals surface area contributed by atoms with Gasteiger partial charge >= 0.3 is 0 Å². The van der Waals surface area contributed by atoms with Crippen LogP contribution in [-0.4, -0.2) is 25.9 Å². The van der Waals surface area contributed by atoms with Crippen LogP contribution >= 0.6 is 0 Å². The van der Waals surface area contributed by atoms with Gasteiger partial charge in [0.2, 0.25) is 0 Å². The van der Waals surface area contributed by atoms with E-state index in [-0.39, 0.29) is 5.60 Å². The Bertz CT molecular complexity index is 430. The number of hydrogen-bond acceptors (Lipinski definition) is 4. The summed E-state index contributed by atoms with van der Waals surface area (Å²) in [7, 11) is 1.55. The van der Waals surface area contributed by atoms with E-state index >= 15 is 0 Å². The minimum atomic E-state index is -0.169. The van der Waals surface area contributed by atoms with Gasteiger partial charge in [-0.15, -0.1) is 0 Å². The molecule has 4 heteroatoms. The Morgan fingerprint density at radius 3 is 2.44 bits per heavy atom. The van der Waals surface area contributed by atoms with E-state index in [0.717, 1.165) is 0 Å². The Labute approximate surface area is 108 Å². The average molecular weight is 249 g/mol. The summed E-state index contributed by atoms with van der Waals surface area (Å²) in [6.07, 6.45) is 0. The normalized spacial score (nSPS) is 10.8. The lowest BCUT2D eigenvalue weighted by atomic mass is 10.2. The molecule has 18 heavy (non-hydrogen) atoms. The molecule has 0 N–H and O–H groups in total. The minimum absolute atomic E-state index is 0.169. The predicted octanol–water partition coefficient (Wildman–Crippen LogP) is 2.76. The van der Waals surface area contributed by atoms with Gasteiger partial charge in [-0.05, 0) is 32.9 Å². The van der Waals surface area contributed by atoms with Crippen LogP contribution in [0.3, 0.4) is 0 Å². The van der Waals surface area contributed by atoms with Crippen molar-refractivity contribution < 1.29 is 14.2 Å². The molecule has 98 valence electrons. The molecule has 1 aromatic rings. The molecule has 0 aliphatic rings. The summed E-state index contributed by atoms with van der Waals surface area (Å²) in [5, 5.41) is 8.79. The van der Waals surface area contributed by atoms with Crippen LogP contribution in [0.5, 0.6) is 11.5 Å². The van der Waals surface area contributed by atoms with Crippen molar-refractivity contribution in [2.24, 2.45) is 0 Å². The van der Waals surface area contributed by atoms with Gasteiger partial charge in [-0.2, -0.15) is 5.26 Å². The number of rotatable bonds is 5. The van der Waals surface area contributed by atoms with Gasteiger partial charge in [0.1, 0.15) is 6.61 Å². The SMILES string of the molecule is COc1cc(C#N)ccc1OCCOC(C)(C)C. The maximum absolute atomic E-state index is 8.79. The third-order valence-corrected chi connectivity index (χ3v) is 2.17. The molecular weight excluding hydrogens is 230 g/mol. The van der Waals surface area contributed by atoms with Gasteiger partial charge in [-0.3, -0.25) is 0 Å². The van der Waals surface area contributed by atoms with E-state index in [1.165, 1.54) is 0 Å². The molecule has 0 fully saturated rings. The zero-order valence-electron chi connectivity index (χ0n) is 11.3. The third-order valence-electron chi connectivity index (χ3n) is 2.17. The summed E-state index contributed by atoms with van der Waals surface area (Å²) < 4.78 is 16.3. The van der Waals surface area contributed by atoms with Gasteiger partial charge in [0.15, 0.2) is 11.5 Å². The largest absolute Gasteiger partial charge is 0.493 e. The highest BCUT2D eigenvalue weighted by atomic mass is 16.5. The second-order valence-electron chi connectivity index (χ2n) is 4.79. The summed E-state index contributed by atoms with van der Waals surface area (Å²) in [5.41, 5.74) is 0.378. The van der Waals surface area contributed by atoms with Crippen LogP contribution in [0.1, 0.15) is 26.3 Å². The van der Waals surface area contributed by atoms with E-state index in [9.17, 15) is 0 Å². The Hall–Kier alpha value is -1.73. The number of benzene rings is 1. The molecule has 0 aliphatic heterocycles. The van der Waals surface area contributed by atoms with Gasteiger partial charge in [0.05, 0.1) is 31.0 Å². The van der Waals surface area contributed by atoms with E-state index in [1.54, 1.807) is 25.3 Å². The van der Waals surface area contributed by atoms with Crippen LogP contribution in [0.25, 0.3) is 0 Å². The Kier molecular flexibility index (Phi) is 4.99. The van der Waals surface area contributed by atoms with E-state index in [1.807, 2.05) is 20.8 Å². The molecular formula is C14H19NO3. The van der Waals surface area contributed by atoms with Crippen LogP contribution in [0.4, 0.5) is 0 Å². The monoisotopic (exact) mass is 249 g/mol. The first-order chi connectivity index (χ1) is 8.46. The fourth-order valence-electron chi connectivity index (χ4n) is 1.36. The maximum Gasteiger partial charge on any atom is 0.162 e. The summed E-state index contributed by atoms with van der Waals surface area (Å²) in [6, 6.07) is 7.14. The molecule has 4 nitrogen and oxygen atoms in total. The standard InChI is InChI=1S/C14H19NO3/c1-14(2,3)18-8-7-17-12-6-5-11(10-15)9-13(12)16-4/h5-6,9H,7-8H2,1-4H3. The lowest BCUT2D eigenvalue weighted by Crippen LogP contribution is -2.22. The van der Waals surface area contributed by atoms with Crippen molar-refractivity contribution in [3.63, 3.8) is 0 Å². The summed E-state index contributed by atoms with van der Waals surface area (Å²) >= 11 is 0. The van der Waals surface area contributed by atoms with Gasteiger partial charge in [-0.1, -0.05) is 0 Å². The van der Waals surface area contributed by atoms with Crippen molar-refractivity contribution in [1.29, 1.82) is 5.26 Å². The number of hydrogen-bond donors (Lipinski definition) is 0. The number of methoxy groups -OCH3 is 1. The zero-order chi connectivity index (χ0) is 13.6. The lowest BCUT2D eigenvalue weighted by molar-refractivity contribution is -0.0165. The molecule has 0 atom stereocenters. The van der Waals surface area contributed by atoms with Crippen LogP contribution in [-0.2, 0) is 4.74 Å². The summed E-state index contributed by atoms with van der Waals surface area (Å²) in [4.78, 5) is 0.